The summed E-state index contributed by atoms with van der Waals surface area (Å²) in [5.74, 6) is -2.53. The van der Waals surface area contributed by atoms with Crippen LogP contribution in [-0.2, 0) is 19.5 Å². The summed E-state index contributed by atoms with van der Waals surface area (Å²) in [6.07, 6.45) is 1.64. The first-order valence-electron chi connectivity index (χ1n) is 7.16. The molecule has 2 fully saturated rings. The molecule has 1 spiro atoms. The second-order valence-corrected chi connectivity index (χ2v) is 7.41. The summed E-state index contributed by atoms with van der Waals surface area (Å²) >= 11 is 0. The first-order valence-corrected chi connectivity index (χ1v) is 8.60. The highest BCUT2D eigenvalue weighted by molar-refractivity contribution is 7.89. The molecule has 0 radical (unpaired) electrons. The maximum Gasteiger partial charge on any atom is 0.243 e. The summed E-state index contributed by atoms with van der Waals surface area (Å²) in [6, 6.07) is 2.31. The van der Waals surface area contributed by atoms with Gasteiger partial charge in [0.15, 0.2) is 5.79 Å². The predicted molar refractivity (Wildman–Crippen MR) is 73.6 cm³/mol. The zero-order valence-corrected chi connectivity index (χ0v) is 12.7. The quantitative estimate of drug-likeness (QED) is 0.829. The highest BCUT2D eigenvalue weighted by atomic mass is 32.2. The van der Waals surface area contributed by atoms with Crippen LogP contribution in [0.5, 0.6) is 0 Å². The Morgan fingerprint density at radius 1 is 1.00 bits per heavy atom. The Morgan fingerprint density at radius 3 is 2.09 bits per heavy atom. The number of piperidine rings is 1. The highest BCUT2D eigenvalue weighted by Gasteiger charge is 2.41. The van der Waals surface area contributed by atoms with Gasteiger partial charge in [-0.25, -0.2) is 17.2 Å². The number of halogens is 2. The van der Waals surface area contributed by atoms with Gasteiger partial charge in [0.05, 0.1) is 18.1 Å². The van der Waals surface area contributed by atoms with Crippen LogP contribution in [0.2, 0.25) is 0 Å². The third-order valence-corrected chi connectivity index (χ3v) is 5.85. The van der Waals surface area contributed by atoms with E-state index in [-0.39, 0.29) is 18.0 Å². The number of ether oxygens (including phenoxy) is 2. The van der Waals surface area contributed by atoms with Gasteiger partial charge in [0.2, 0.25) is 10.0 Å². The van der Waals surface area contributed by atoms with Crippen molar-refractivity contribution < 1.29 is 26.7 Å². The van der Waals surface area contributed by atoms with Gasteiger partial charge in [0, 0.05) is 32.0 Å². The lowest BCUT2D eigenvalue weighted by molar-refractivity contribution is -0.280. The summed E-state index contributed by atoms with van der Waals surface area (Å²) < 4.78 is 64.0. The van der Waals surface area contributed by atoms with Gasteiger partial charge in [-0.3, -0.25) is 0 Å². The Hall–Kier alpha value is -1.09. The molecule has 0 bridgehead atoms. The minimum atomic E-state index is -3.92. The lowest BCUT2D eigenvalue weighted by Gasteiger charge is -2.42. The smallest absolute Gasteiger partial charge is 0.243 e. The van der Waals surface area contributed by atoms with Gasteiger partial charge in [-0.1, -0.05) is 0 Å². The molecule has 2 aliphatic rings. The molecule has 0 saturated carbocycles. The maximum absolute atomic E-state index is 13.2. The molecule has 3 rings (SSSR count). The second-order valence-electron chi connectivity index (χ2n) is 5.47. The van der Waals surface area contributed by atoms with E-state index in [1.807, 2.05) is 0 Å². The lowest BCUT2D eigenvalue weighted by atomic mass is 10.0. The number of nitrogens with zero attached hydrogens (tertiary/aromatic N) is 1. The van der Waals surface area contributed by atoms with Crippen LogP contribution in [-0.4, -0.2) is 44.8 Å². The van der Waals surface area contributed by atoms with E-state index < -0.39 is 27.4 Å². The summed E-state index contributed by atoms with van der Waals surface area (Å²) in [6.45, 7) is 1.59. The lowest BCUT2D eigenvalue weighted by Crippen LogP contribution is -2.51. The summed E-state index contributed by atoms with van der Waals surface area (Å²) in [4.78, 5) is -0.369. The van der Waals surface area contributed by atoms with E-state index in [4.69, 9.17) is 9.47 Å². The third-order valence-electron chi connectivity index (χ3n) is 3.98. The normalized spacial score (nSPS) is 22.8. The first kappa shape index (κ1) is 15.8. The van der Waals surface area contributed by atoms with Crippen molar-refractivity contribution in [1.82, 2.24) is 4.31 Å². The molecular weight excluding hydrogens is 316 g/mol. The minimum Gasteiger partial charge on any atom is -0.350 e. The van der Waals surface area contributed by atoms with Crippen molar-refractivity contribution in [3.8, 4) is 0 Å². The van der Waals surface area contributed by atoms with Gasteiger partial charge in [0.1, 0.15) is 11.6 Å². The van der Waals surface area contributed by atoms with Crippen molar-refractivity contribution in [3.63, 3.8) is 0 Å². The molecule has 2 aliphatic heterocycles. The molecule has 0 amide bonds. The Bertz CT molecular complexity index is 629. The molecule has 0 aromatic heterocycles. The van der Waals surface area contributed by atoms with Crippen LogP contribution in [0.25, 0.3) is 0 Å². The van der Waals surface area contributed by atoms with Crippen LogP contribution in [0, 0.1) is 11.6 Å². The molecule has 0 atom stereocenters. The summed E-state index contributed by atoms with van der Waals surface area (Å²) in [5, 5.41) is 0. The van der Waals surface area contributed by atoms with Crippen LogP contribution in [0.1, 0.15) is 19.3 Å². The van der Waals surface area contributed by atoms with Crippen LogP contribution in [0.4, 0.5) is 8.78 Å². The molecule has 2 heterocycles. The predicted octanol–water partition coefficient (Wildman–Crippen LogP) is 1.88. The van der Waals surface area contributed by atoms with E-state index in [1.165, 1.54) is 4.31 Å². The highest BCUT2D eigenvalue weighted by Crippen LogP contribution is 2.33. The second kappa shape index (κ2) is 5.84. The van der Waals surface area contributed by atoms with Crippen molar-refractivity contribution in [2.45, 2.75) is 29.9 Å². The van der Waals surface area contributed by atoms with Crippen LogP contribution in [0.3, 0.4) is 0 Å². The van der Waals surface area contributed by atoms with E-state index in [1.54, 1.807) is 0 Å². The summed E-state index contributed by atoms with van der Waals surface area (Å²) in [7, 11) is -3.92. The molecule has 0 aliphatic carbocycles. The Morgan fingerprint density at radius 2 is 1.55 bits per heavy atom. The standard InChI is InChI=1S/C14H17F2NO4S/c15-11-8-12(16)10-13(9-11)22(18,19)17-4-2-14(3-5-17)20-6-1-7-21-14/h8-10H,1-7H2. The molecule has 0 unspecified atom stereocenters. The fourth-order valence-corrected chi connectivity index (χ4v) is 4.28. The van der Waals surface area contributed by atoms with Gasteiger partial charge in [0.25, 0.3) is 0 Å². The number of hydrogen-bond donors (Lipinski definition) is 0. The van der Waals surface area contributed by atoms with E-state index in [2.05, 4.69) is 0 Å². The van der Waals surface area contributed by atoms with Crippen molar-refractivity contribution in [1.29, 1.82) is 0 Å². The van der Waals surface area contributed by atoms with Crippen LogP contribution >= 0.6 is 0 Å². The molecule has 122 valence electrons. The molecule has 1 aromatic carbocycles. The van der Waals surface area contributed by atoms with Crippen LogP contribution < -0.4 is 0 Å². The molecule has 2 saturated heterocycles. The third kappa shape index (κ3) is 3.01. The first-order chi connectivity index (χ1) is 10.4. The maximum atomic E-state index is 13.2. The number of sulfonamides is 1. The fraction of sp³-hybridized carbons (Fsp3) is 0.571. The SMILES string of the molecule is O=S(=O)(c1cc(F)cc(F)c1)N1CCC2(CC1)OCCCO2. The number of hydrogen-bond acceptors (Lipinski definition) is 4. The number of rotatable bonds is 2. The van der Waals surface area contributed by atoms with Crippen molar-refractivity contribution in [2.75, 3.05) is 26.3 Å². The van der Waals surface area contributed by atoms with Crippen molar-refractivity contribution >= 4 is 10.0 Å². The zero-order valence-electron chi connectivity index (χ0n) is 11.9. The topological polar surface area (TPSA) is 55.8 Å². The molecule has 8 heteroatoms. The molecule has 22 heavy (non-hydrogen) atoms. The fourth-order valence-electron chi connectivity index (χ4n) is 2.80. The van der Waals surface area contributed by atoms with Gasteiger partial charge >= 0.3 is 0 Å². The average Bonchev–Trinajstić information content (AvgIpc) is 2.47. The molecule has 5 nitrogen and oxygen atoms in total. The van der Waals surface area contributed by atoms with Crippen LogP contribution in [0.15, 0.2) is 23.1 Å². The van der Waals surface area contributed by atoms with Gasteiger partial charge in [-0.15, -0.1) is 0 Å². The summed E-state index contributed by atoms with van der Waals surface area (Å²) in [5.41, 5.74) is 0. The van der Waals surface area contributed by atoms with E-state index in [0.29, 0.717) is 32.1 Å². The average molecular weight is 333 g/mol. The van der Waals surface area contributed by atoms with Gasteiger partial charge in [-0.2, -0.15) is 4.31 Å². The monoisotopic (exact) mass is 333 g/mol. The number of benzene rings is 1. The Kier molecular flexibility index (Phi) is 4.19. The molecular formula is C14H17F2NO4S. The zero-order chi connectivity index (χ0) is 15.8. The van der Waals surface area contributed by atoms with Gasteiger partial charge < -0.3 is 9.47 Å². The van der Waals surface area contributed by atoms with E-state index in [9.17, 15) is 17.2 Å². The largest absolute Gasteiger partial charge is 0.350 e. The van der Waals surface area contributed by atoms with Crippen molar-refractivity contribution in [3.05, 3.63) is 29.8 Å². The Labute approximate surface area is 127 Å². The minimum absolute atomic E-state index is 0.195. The molecule has 1 aromatic rings. The van der Waals surface area contributed by atoms with Crippen molar-refractivity contribution in [2.24, 2.45) is 0 Å². The van der Waals surface area contributed by atoms with E-state index in [0.717, 1.165) is 18.6 Å². The van der Waals surface area contributed by atoms with E-state index >= 15 is 0 Å². The van der Waals surface area contributed by atoms with Gasteiger partial charge in [-0.05, 0) is 18.6 Å². The molecule has 0 N–H and O–H groups in total. The Balaban J connectivity index is 1.77.